The lowest BCUT2D eigenvalue weighted by atomic mass is 9.49. The molecule has 4 saturated carbocycles. The largest absolute Gasteiger partial charge is 0.338 e. The van der Waals surface area contributed by atoms with E-state index in [9.17, 15) is 4.79 Å². The zero-order valence-corrected chi connectivity index (χ0v) is 16.2. The number of amides is 1. The number of rotatable bonds is 5. The Labute approximate surface area is 164 Å². The molecule has 28 heavy (non-hydrogen) atoms. The summed E-state index contributed by atoms with van der Waals surface area (Å²) in [5, 5.41) is 16.7. The third-order valence-corrected chi connectivity index (χ3v) is 7.61. The smallest absolute Gasteiger partial charge is 0.223 e. The predicted octanol–water partition coefficient (Wildman–Crippen LogP) is 1.91. The molecule has 4 aliphatic carbocycles. The monoisotopic (exact) mass is 381 g/mol. The second kappa shape index (κ2) is 6.12. The van der Waals surface area contributed by atoms with E-state index in [1.807, 2.05) is 15.8 Å². The van der Waals surface area contributed by atoms with Gasteiger partial charge in [0, 0.05) is 19.5 Å². The summed E-state index contributed by atoms with van der Waals surface area (Å²) in [6.07, 6.45) is 14.2. The number of hydrogen-bond acceptors (Lipinski definition) is 5. The van der Waals surface area contributed by atoms with Gasteiger partial charge in [-0.2, -0.15) is 15.0 Å². The van der Waals surface area contributed by atoms with Gasteiger partial charge >= 0.3 is 0 Å². The molecule has 1 amide bonds. The Morgan fingerprint density at radius 1 is 1.04 bits per heavy atom. The SMILES string of the molecule is O=C(CC12CC3CC(CC(C3)C1)C2)N1CC(n2cc(Cn3nccn3)nn2)C1. The van der Waals surface area contributed by atoms with Gasteiger partial charge in [-0.1, -0.05) is 5.21 Å². The van der Waals surface area contributed by atoms with Crippen molar-refractivity contribution in [1.82, 2.24) is 34.9 Å². The van der Waals surface area contributed by atoms with Crippen molar-refractivity contribution in [2.75, 3.05) is 13.1 Å². The lowest BCUT2D eigenvalue weighted by Gasteiger charge is -2.57. The van der Waals surface area contributed by atoms with Gasteiger partial charge in [-0.05, 0) is 61.7 Å². The van der Waals surface area contributed by atoms with Crippen LogP contribution in [0.1, 0.15) is 56.7 Å². The fraction of sp³-hybridized carbons (Fsp3) is 0.750. The van der Waals surface area contributed by atoms with Crippen molar-refractivity contribution in [2.24, 2.45) is 23.2 Å². The first kappa shape index (κ1) is 16.7. The Balaban J connectivity index is 1.05. The van der Waals surface area contributed by atoms with E-state index < -0.39 is 0 Å². The van der Waals surface area contributed by atoms with Crippen LogP contribution in [-0.4, -0.2) is 53.9 Å². The van der Waals surface area contributed by atoms with E-state index in [-0.39, 0.29) is 6.04 Å². The van der Waals surface area contributed by atoms with Gasteiger partial charge in [0.15, 0.2) is 0 Å². The maximum Gasteiger partial charge on any atom is 0.223 e. The molecule has 148 valence electrons. The molecule has 0 aromatic carbocycles. The number of carbonyl (C=O) groups excluding carboxylic acids is 1. The molecule has 1 aliphatic heterocycles. The van der Waals surface area contributed by atoms with E-state index >= 15 is 0 Å². The second-order valence-electron chi connectivity index (χ2n) is 9.80. The topological polar surface area (TPSA) is 81.7 Å². The quantitative estimate of drug-likeness (QED) is 0.790. The van der Waals surface area contributed by atoms with E-state index in [4.69, 9.17) is 0 Å². The molecular weight excluding hydrogens is 354 g/mol. The van der Waals surface area contributed by atoms with Crippen molar-refractivity contribution < 1.29 is 4.79 Å². The fourth-order valence-corrected chi connectivity index (χ4v) is 6.80. The molecule has 3 heterocycles. The van der Waals surface area contributed by atoms with Crippen LogP contribution < -0.4 is 0 Å². The van der Waals surface area contributed by atoms with Crippen molar-refractivity contribution in [3.63, 3.8) is 0 Å². The maximum atomic E-state index is 13.0. The summed E-state index contributed by atoms with van der Waals surface area (Å²) >= 11 is 0. The van der Waals surface area contributed by atoms with E-state index in [2.05, 4.69) is 20.5 Å². The first-order valence-electron chi connectivity index (χ1n) is 10.7. The van der Waals surface area contributed by atoms with Crippen LogP contribution in [0.3, 0.4) is 0 Å². The lowest BCUT2D eigenvalue weighted by molar-refractivity contribution is -0.145. The maximum absolute atomic E-state index is 13.0. The molecule has 2 aromatic heterocycles. The van der Waals surface area contributed by atoms with Crippen LogP contribution in [0, 0.1) is 23.2 Å². The molecule has 2 aromatic rings. The Morgan fingerprint density at radius 2 is 1.68 bits per heavy atom. The van der Waals surface area contributed by atoms with Crippen molar-refractivity contribution in [3.05, 3.63) is 24.3 Å². The van der Waals surface area contributed by atoms with E-state index in [1.54, 1.807) is 17.2 Å². The number of likely N-dealkylation sites (tertiary alicyclic amines) is 1. The number of nitrogens with zero attached hydrogens (tertiary/aromatic N) is 7. The van der Waals surface area contributed by atoms with Gasteiger partial charge in [0.25, 0.3) is 0 Å². The van der Waals surface area contributed by atoms with Crippen molar-refractivity contribution in [1.29, 1.82) is 0 Å². The zero-order valence-electron chi connectivity index (χ0n) is 16.2. The van der Waals surface area contributed by atoms with Crippen molar-refractivity contribution >= 4 is 5.91 Å². The number of carbonyl (C=O) groups is 1. The van der Waals surface area contributed by atoms with Crippen LogP contribution in [0.2, 0.25) is 0 Å². The molecule has 4 bridgehead atoms. The highest BCUT2D eigenvalue weighted by Gasteiger charge is 2.52. The molecule has 0 atom stereocenters. The van der Waals surface area contributed by atoms with E-state index in [0.717, 1.165) is 43.0 Å². The van der Waals surface area contributed by atoms with Gasteiger partial charge in [0.2, 0.25) is 5.91 Å². The Hall–Kier alpha value is -2.25. The minimum atomic E-state index is 0.243. The zero-order chi connectivity index (χ0) is 18.7. The minimum absolute atomic E-state index is 0.243. The molecular formula is C20H27N7O. The van der Waals surface area contributed by atoms with E-state index in [0.29, 0.717) is 17.9 Å². The van der Waals surface area contributed by atoms with Crippen LogP contribution in [0.15, 0.2) is 18.6 Å². The third kappa shape index (κ3) is 2.84. The molecule has 0 spiro atoms. The average Bonchev–Trinajstić information content (AvgIpc) is 3.24. The number of aromatic nitrogens is 6. The Morgan fingerprint density at radius 3 is 2.32 bits per heavy atom. The van der Waals surface area contributed by atoms with Crippen molar-refractivity contribution in [3.8, 4) is 0 Å². The molecule has 8 heteroatoms. The molecule has 8 nitrogen and oxygen atoms in total. The summed E-state index contributed by atoms with van der Waals surface area (Å²) in [5.74, 6) is 3.07. The molecule has 5 aliphatic rings. The summed E-state index contributed by atoms with van der Waals surface area (Å²) < 4.78 is 1.90. The van der Waals surface area contributed by atoms with Gasteiger partial charge in [-0.3, -0.25) is 4.79 Å². The van der Waals surface area contributed by atoms with Crippen LogP contribution in [-0.2, 0) is 11.3 Å². The van der Waals surface area contributed by atoms with Crippen molar-refractivity contribution in [2.45, 2.75) is 57.5 Å². The lowest BCUT2D eigenvalue weighted by Crippen LogP contribution is -2.54. The third-order valence-electron chi connectivity index (χ3n) is 7.61. The van der Waals surface area contributed by atoms with Crippen LogP contribution >= 0.6 is 0 Å². The summed E-state index contributed by atoms with van der Waals surface area (Å²) in [7, 11) is 0. The van der Waals surface area contributed by atoms with Gasteiger partial charge in [0.05, 0.1) is 24.6 Å². The van der Waals surface area contributed by atoms with Crippen LogP contribution in [0.4, 0.5) is 0 Å². The highest BCUT2D eigenvalue weighted by Crippen LogP contribution is 2.61. The molecule has 7 rings (SSSR count). The van der Waals surface area contributed by atoms with E-state index in [1.165, 1.54) is 38.5 Å². The summed E-state index contributed by atoms with van der Waals surface area (Å²) in [6, 6.07) is 0.243. The van der Waals surface area contributed by atoms with Gasteiger partial charge in [-0.15, -0.1) is 5.10 Å². The first-order valence-corrected chi connectivity index (χ1v) is 10.7. The Kier molecular flexibility index (Phi) is 3.65. The first-order chi connectivity index (χ1) is 13.6. The molecule has 0 radical (unpaired) electrons. The fourth-order valence-electron chi connectivity index (χ4n) is 6.80. The Bertz CT molecular complexity index is 832. The van der Waals surface area contributed by atoms with Gasteiger partial charge < -0.3 is 4.90 Å². The van der Waals surface area contributed by atoms with Crippen LogP contribution in [0.5, 0.6) is 0 Å². The standard InChI is InChI=1S/C20H27N7O/c28-19(9-20-6-14-3-15(7-20)5-16(4-14)8-20)25-12-18(13-25)26-10-17(23-24-26)11-27-21-1-2-22-27/h1-2,10,14-16,18H,3-9,11-13H2. The summed E-state index contributed by atoms with van der Waals surface area (Å²) in [4.78, 5) is 16.6. The molecule has 0 N–H and O–H groups in total. The van der Waals surface area contributed by atoms with Crippen LogP contribution in [0.25, 0.3) is 0 Å². The summed E-state index contributed by atoms with van der Waals surface area (Å²) in [6.45, 7) is 2.04. The molecule has 5 fully saturated rings. The molecule has 0 unspecified atom stereocenters. The normalized spacial score (nSPS) is 34.0. The second-order valence-corrected chi connectivity index (χ2v) is 9.80. The average molecular weight is 381 g/mol. The predicted molar refractivity (Wildman–Crippen MR) is 100.0 cm³/mol. The number of hydrogen-bond donors (Lipinski definition) is 0. The van der Waals surface area contributed by atoms with Gasteiger partial charge in [-0.25, -0.2) is 4.68 Å². The van der Waals surface area contributed by atoms with Gasteiger partial charge in [0.1, 0.15) is 12.2 Å². The highest BCUT2D eigenvalue weighted by atomic mass is 16.2. The highest BCUT2D eigenvalue weighted by molar-refractivity contribution is 5.78. The molecule has 1 saturated heterocycles. The minimum Gasteiger partial charge on any atom is -0.338 e. The summed E-state index contributed by atoms with van der Waals surface area (Å²) in [5.41, 5.74) is 1.17.